The number of hydrogen-bond donors (Lipinski definition) is 1. The maximum Gasteiger partial charge on any atom is 0.277 e. The molecule has 5 nitrogen and oxygen atoms in total. The molecule has 0 aliphatic heterocycles. The molecule has 1 amide bonds. The van der Waals surface area contributed by atoms with Gasteiger partial charge < -0.3 is 9.15 Å². The van der Waals surface area contributed by atoms with E-state index in [1.54, 1.807) is 12.1 Å². The van der Waals surface area contributed by atoms with Crippen LogP contribution in [0.1, 0.15) is 36.7 Å². The first-order valence-electron chi connectivity index (χ1n) is 7.36. The smallest absolute Gasteiger partial charge is 0.277 e. The summed E-state index contributed by atoms with van der Waals surface area (Å²) in [6.45, 7) is 5.99. The summed E-state index contributed by atoms with van der Waals surface area (Å²) in [6.07, 6.45) is 2.96. The molecule has 0 fully saturated rings. The largest absolute Gasteiger partial charge is 0.482 e. The Hall–Kier alpha value is -1.60. The third-order valence-corrected chi connectivity index (χ3v) is 5.10. The van der Waals surface area contributed by atoms with Gasteiger partial charge in [0.1, 0.15) is 11.5 Å². The molecule has 2 aromatic rings. The molecule has 1 aromatic heterocycles. The van der Waals surface area contributed by atoms with Gasteiger partial charge in [0.05, 0.1) is 17.0 Å². The van der Waals surface area contributed by atoms with Gasteiger partial charge in [-0.15, -0.1) is 0 Å². The fourth-order valence-corrected chi connectivity index (χ4v) is 3.26. The number of nitrogens with zero attached hydrogens (tertiary/aromatic N) is 1. The highest BCUT2D eigenvalue weighted by molar-refractivity contribution is 9.11. The third-order valence-electron chi connectivity index (χ3n) is 3.33. The fourth-order valence-electron chi connectivity index (χ4n) is 1.99. The number of carbonyl (C=O) groups is 1. The second-order valence-corrected chi connectivity index (χ2v) is 7.12. The van der Waals surface area contributed by atoms with Crippen LogP contribution in [0, 0.1) is 6.92 Å². The van der Waals surface area contributed by atoms with Crippen LogP contribution in [-0.4, -0.2) is 18.7 Å². The molecule has 1 N–H and O–H groups in total. The van der Waals surface area contributed by atoms with Gasteiger partial charge in [-0.2, -0.15) is 5.10 Å². The van der Waals surface area contributed by atoms with Crippen molar-refractivity contribution in [1.29, 1.82) is 0 Å². The van der Waals surface area contributed by atoms with Crippen molar-refractivity contribution >= 4 is 44.0 Å². The molecule has 0 saturated carbocycles. The van der Waals surface area contributed by atoms with Crippen LogP contribution in [-0.2, 0) is 4.79 Å². The van der Waals surface area contributed by atoms with Gasteiger partial charge in [0.25, 0.3) is 5.91 Å². The van der Waals surface area contributed by atoms with Gasteiger partial charge in [-0.1, -0.05) is 29.8 Å². The van der Waals surface area contributed by atoms with E-state index in [9.17, 15) is 4.79 Å². The topological polar surface area (TPSA) is 63.8 Å². The summed E-state index contributed by atoms with van der Waals surface area (Å²) in [5, 5.41) is 3.82. The monoisotopic (exact) mass is 456 g/mol. The zero-order chi connectivity index (χ0) is 17.7. The molecule has 0 atom stereocenters. The van der Waals surface area contributed by atoms with Crippen molar-refractivity contribution in [3.63, 3.8) is 0 Å². The molecule has 24 heavy (non-hydrogen) atoms. The number of nitrogens with one attached hydrogen (secondary N) is 1. The zero-order valence-electron chi connectivity index (χ0n) is 13.6. The molecule has 1 heterocycles. The average Bonchev–Trinajstić information content (AvgIpc) is 3.04. The Morgan fingerprint density at radius 3 is 2.83 bits per heavy atom. The Balaban J connectivity index is 2.03. The molecule has 128 valence electrons. The lowest BCUT2D eigenvalue weighted by Crippen LogP contribution is -2.25. The molecule has 0 spiro atoms. The van der Waals surface area contributed by atoms with Crippen LogP contribution >= 0.6 is 31.9 Å². The van der Waals surface area contributed by atoms with Gasteiger partial charge >= 0.3 is 0 Å². The third kappa shape index (κ3) is 4.70. The molecule has 0 unspecified atom stereocenters. The van der Waals surface area contributed by atoms with E-state index in [1.807, 2.05) is 13.0 Å². The number of rotatable bonds is 6. The Labute approximate surface area is 157 Å². The maximum atomic E-state index is 11.9. The molecular weight excluding hydrogens is 440 g/mol. The van der Waals surface area contributed by atoms with Crippen molar-refractivity contribution in [3.8, 4) is 5.75 Å². The molecule has 0 bridgehead atoms. The molecule has 0 saturated heterocycles. The van der Waals surface area contributed by atoms with E-state index in [0.717, 1.165) is 20.1 Å². The van der Waals surface area contributed by atoms with Crippen LogP contribution in [0.4, 0.5) is 0 Å². The minimum atomic E-state index is -0.347. The Morgan fingerprint density at radius 2 is 2.21 bits per heavy atom. The minimum absolute atomic E-state index is 0.130. The predicted octanol–water partition coefficient (Wildman–Crippen LogP) is 4.77. The number of hydrogen-bond acceptors (Lipinski definition) is 4. The fraction of sp³-hybridized carbons (Fsp3) is 0.294. The first-order valence-corrected chi connectivity index (χ1v) is 8.95. The van der Waals surface area contributed by atoms with Crippen LogP contribution in [0.5, 0.6) is 5.75 Å². The van der Waals surface area contributed by atoms with Crippen LogP contribution in [0.2, 0.25) is 0 Å². The molecule has 0 aliphatic carbocycles. The predicted molar refractivity (Wildman–Crippen MR) is 101 cm³/mol. The lowest BCUT2D eigenvalue weighted by atomic mass is 10.0. The van der Waals surface area contributed by atoms with Gasteiger partial charge in [0, 0.05) is 4.47 Å². The van der Waals surface area contributed by atoms with E-state index in [1.165, 1.54) is 12.5 Å². The number of halogens is 2. The van der Waals surface area contributed by atoms with Gasteiger partial charge in [-0.3, -0.25) is 4.79 Å². The molecule has 0 radical (unpaired) electrons. The summed E-state index contributed by atoms with van der Waals surface area (Å²) in [5.74, 6) is 1.15. The van der Waals surface area contributed by atoms with Gasteiger partial charge in [-0.25, -0.2) is 5.43 Å². The summed E-state index contributed by atoms with van der Waals surface area (Å²) in [6, 6.07) is 5.50. The molecular formula is C17H18Br2N2O3. The normalized spacial score (nSPS) is 11.2. The summed E-state index contributed by atoms with van der Waals surface area (Å²) in [4.78, 5) is 11.9. The first-order chi connectivity index (χ1) is 11.4. The average molecular weight is 458 g/mol. The lowest BCUT2D eigenvalue weighted by Gasteiger charge is -2.18. The first kappa shape index (κ1) is 18.7. The van der Waals surface area contributed by atoms with Crippen LogP contribution in [0.15, 0.2) is 42.9 Å². The SMILES string of the molecule is Cc1c(Br)cc(C(C)C)c(OCC(=O)N/N=C\c2ccco2)c1Br. The Morgan fingerprint density at radius 1 is 1.46 bits per heavy atom. The van der Waals surface area contributed by atoms with E-state index < -0.39 is 0 Å². The molecule has 1 aromatic carbocycles. The number of furan rings is 1. The summed E-state index contributed by atoms with van der Waals surface area (Å²) in [5.41, 5.74) is 4.45. The van der Waals surface area contributed by atoms with Crippen molar-refractivity contribution < 1.29 is 13.9 Å². The summed E-state index contributed by atoms with van der Waals surface area (Å²) < 4.78 is 12.7. The van der Waals surface area contributed by atoms with E-state index in [2.05, 4.69) is 56.2 Å². The highest BCUT2D eigenvalue weighted by Crippen LogP contribution is 2.40. The second kappa shape index (κ2) is 8.48. The van der Waals surface area contributed by atoms with Crippen LogP contribution in [0.25, 0.3) is 0 Å². The number of ether oxygens (including phenoxy) is 1. The van der Waals surface area contributed by atoms with Crippen LogP contribution in [0.3, 0.4) is 0 Å². The lowest BCUT2D eigenvalue weighted by molar-refractivity contribution is -0.123. The van der Waals surface area contributed by atoms with E-state index in [4.69, 9.17) is 9.15 Å². The van der Waals surface area contributed by atoms with Crippen molar-refractivity contribution in [2.75, 3.05) is 6.61 Å². The standard InChI is InChI=1S/C17H18Br2N2O3/c1-10(2)13-7-14(18)11(3)16(19)17(13)24-9-15(22)21-20-8-12-5-4-6-23-12/h4-8,10H,9H2,1-3H3,(H,21,22)/b20-8-. The number of amides is 1. The number of hydrazone groups is 1. The van der Waals surface area contributed by atoms with E-state index in [0.29, 0.717) is 11.5 Å². The van der Waals surface area contributed by atoms with E-state index in [-0.39, 0.29) is 18.4 Å². The highest BCUT2D eigenvalue weighted by Gasteiger charge is 2.17. The van der Waals surface area contributed by atoms with Crippen molar-refractivity contribution in [1.82, 2.24) is 5.43 Å². The Kier molecular flexibility index (Phi) is 6.62. The summed E-state index contributed by atoms with van der Waals surface area (Å²) >= 11 is 7.09. The maximum absolute atomic E-state index is 11.9. The van der Waals surface area contributed by atoms with Crippen molar-refractivity contribution in [2.24, 2.45) is 5.10 Å². The van der Waals surface area contributed by atoms with Crippen LogP contribution < -0.4 is 10.2 Å². The quantitative estimate of drug-likeness (QED) is 0.502. The highest BCUT2D eigenvalue weighted by atomic mass is 79.9. The second-order valence-electron chi connectivity index (χ2n) is 5.47. The number of carbonyl (C=O) groups excluding carboxylic acids is 1. The van der Waals surface area contributed by atoms with Crippen molar-refractivity contribution in [2.45, 2.75) is 26.7 Å². The number of benzene rings is 1. The molecule has 0 aliphatic rings. The zero-order valence-corrected chi connectivity index (χ0v) is 16.8. The minimum Gasteiger partial charge on any atom is -0.482 e. The van der Waals surface area contributed by atoms with E-state index >= 15 is 0 Å². The van der Waals surface area contributed by atoms with Crippen molar-refractivity contribution in [3.05, 3.63) is 50.3 Å². The Bertz CT molecular complexity index is 741. The molecule has 2 rings (SSSR count). The van der Waals surface area contributed by atoms with Gasteiger partial charge in [0.15, 0.2) is 6.61 Å². The summed E-state index contributed by atoms with van der Waals surface area (Å²) in [7, 11) is 0. The van der Waals surface area contributed by atoms with Gasteiger partial charge in [-0.05, 0) is 58.1 Å². The van der Waals surface area contributed by atoms with Gasteiger partial charge in [0.2, 0.25) is 0 Å². The molecule has 7 heteroatoms.